The number of carbonyl (C=O) groups excluding carboxylic acids is 1. The molecule has 1 aromatic carbocycles. The molecular formula is C23H29N7O. The van der Waals surface area contributed by atoms with Crippen LogP contribution in [0.1, 0.15) is 23.9 Å². The van der Waals surface area contributed by atoms with Gasteiger partial charge in [0, 0.05) is 37.6 Å². The fraction of sp³-hybridized carbons (Fsp3) is 0.391. The van der Waals surface area contributed by atoms with E-state index in [2.05, 4.69) is 38.2 Å². The molecule has 0 aliphatic carbocycles. The van der Waals surface area contributed by atoms with Gasteiger partial charge in [-0.15, -0.1) is 0 Å². The van der Waals surface area contributed by atoms with Crippen LogP contribution in [0.15, 0.2) is 42.7 Å². The van der Waals surface area contributed by atoms with Crippen LogP contribution in [0.25, 0.3) is 5.82 Å². The molecule has 8 nitrogen and oxygen atoms in total. The maximum absolute atomic E-state index is 12.5. The summed E-state index contributed by atoms with van der Waals surface area (Å²) in [4.78, 5) is 26.1. The largest absolute Gasteiger partial charge is 0.353 e. The topological polar surface area (TPSA) is 79.2 Å². The van der Waals surface area contributed by atoms with Crippen molar-refractivity contribution in [1.82, 2.24) is 24.6 Å². The van der Waals surface area contributed by atoms with Crippen molar-refractivity contribution in [3.63, 3.8) is 0 Å². The van der Waals surface area contributed by atoms with Crippen molar-refractivity contribution in [1.29, 1.82) is 0 Å². The maximum Gasteiger partial charge on any atom is 0.238 e. The van der Waals surface area contributed by atoms with Crippen LogP contribution < -0.4 is 10.2 Å². The number of benzene rings is 1. The number of aromatic nitrogens is 4. The number of hydrogen-bond donors (Lipinski definition) is 1. The molecule has 0 bridgehead atoms. The number of nitrogens with one attached hydrogen (secondary N) is 1. The van der Waals surface area contributed by atoms with Gasteiger partial charge in [-0.3, -0.25) is 14.7 Å². The lowest BCUT2D eigenvalue weighted by Crippen LogP contribution is -2.49. The van der Waals surface area contributed by atoms with Gasteiger partial charge < -0.3 is 10.2 Å². The lowest BCUT2D eigenvalue weighted by atomic mass is 10.1. The van der Waals surface area contributed by atoms with Gasteiger partial charge in [0.05, 0.1) is 24.6 Å². The molecule has 2 aromatic heterocycles. The molecule has 31 heavy (non-hydrogen) atoms. The Bertz CT molecular complexity index is 1050. The van der Waals surface area contributed by atoms with Crippen LogP contribution in [0.5, 0.6) is 0 Å². The summed E-state index contributed by atoms with van der Waals surface area (Å²) in [5.74, 6) is 1.59. The molecule has 4 rings (SSSR count). The summed E-state index contributed by atoms with van der Waals surface area (Å²) in [5.41, 5.74) is 4.05. The van der Waals surface area contributed by atoms with Gasteiger partial charge in [0.1, 0.15) is 5.82 Å². The molecule has 0 atom stereocenters. The number of rotatable bonds is 6. The Morgan fingerprint density at radius 2 is 1.81 bits per heavy atom. The standard InChI is InChI=1S/C23H29N7O/c1-4-19-7-5-6-8-20(19)25-23(31)16-28-9-11-29(12-10-28)21-14-24-15-22(26-21)30-18(3)13-17(2)27-30/h5-8,13-15H,4,9-12,16H2,1-3H3,(H,25,31). The molecule has 1 saturated heterocycles. The summed E-state index contributed by atoms with van der Waals surface area (Å²) in [6, 6.07) is 9.99. The summed E-state index contributed by atoms with van der Waals surface area (Å²) in [6.07, 6.45) is 4.42. The molecule has 0 saturated carbocycles. The van der Waals surface area contributed by atoms with E-state index in [1.165, 1.54) is 0 Å². The SMILES string of the molecule is CCc1ccccc1NC(=O)CN1CCN(c2cncc(-n3nc(C)cc3C)n2)CC1. The predicted octanol–water partition coefficient (Wildman–Crippen LogP) is 2.60. The summed E-state index contributed by atoms with van der Waals surface area (Å²) in [7, 11) is 0. The molecule has 0 radical (unpaired) electrons. The summed E-state index contributed by atoms with van der Waals surface area (Å²) < 4.78 is 1.82. The monoisotopic (exact) mass is 419 g/mol. The first-order valence-electron chi connectivity index (χ1n) is 10.7. The number of piperazine rings is 1. The normalized spacial score (nSPS) is 14.6. The van der Waals surface area contributed by atoms with Gasteiger partial charge in [0.15, 0.2) is 5.82 Å². The number of aryl methyl sites for hydroxylation is 3. The lowest BCUT2D eigenvalue weighted by molar-refractivity contribution is -0.117. The van der Waals surface area contributed by atoms with Crippen LogP contribution >= 0.6 is 0 Å². The number of para-hydroxylation sites is 1. The van der Waals surface area contributed by atoms with Gasteiger partial charge in [0.25, 0.3) is 0 Å². The summed E-state index contributed by atoms with van der Waals surface area (Å²) in [5, 5.41) is 7.56. The third kappa shape index (κ3) is 4.91. The highest BCUT2D eigenvalue weighted by Crippen LogP contribution is 2.17. The Hall–Kier alpha value is -3.26. The molecule has 1 aliphatic rings. The van der Waals surface area contributed by atoms with Gasteiger partial charge in [0.2, 0.25) is 5.91 Å². The van der Waals surface area contributed by atoms with Crippen molar-refractivity contribution in [2.45, 2.75) is 27.2 Å². The maximum atomic E-state index is 12.5. The fourth-order valence-corrected chi connectivity index (χ4v) is 3.94. The molecule has 3 heterocycles. The highest BCUT2D eigenvalue weighted by Gasteiger charge is 2.21. The highest BCUT2D eigenvalue weighted by molar-refractivity contribution is 5.93. The first kappa shape index (κ1) is 21.0. The number of nitrogens with zero attached hydrogens (tertiary/aromatic N) is 6. The quantitative estimate of drug-likeness (QED) is 0.662. The van der Waals surface area contributed by atoms with E-state index < -0.39 is 0 Å². The smallest absolute Gasteiger partial charge is 0.238 e. The van der Waals surface area contributed by atoms with E-state index in [-0.39, 0.29) is 5.91 Å². The molecule has 1 amide bonds. The van der Waals surface area contributed by atoms with Gasteiger partial charge >= 0.3 is 0 Å². The Morgan fingerprint density at radius 1 is 1.06 bits per heavy atom. The van der Waals surface area contributed by atoms with E-state index in [1.54, 1.807) is 12.4 Å². The molecule has 0 unspecified atom stereocenters. The summed E-state index contributed by atoms with van der Waals surface area (Å²) >= 11 is 0. The third-order valence-corrected chi connectivity index (χ3v) is 5.57. The minimum atomic E-state index is 0.0284. The minimum Gasteiger partial charge on any atom is -0.353 e. The molecule has 0 spiro atoms. The van der Waals surface area contributed by atoms with E-state index >= 15 is 0 Å². The predicted molar refractivity (Wildman–Crippen MR) is 122 cm³/mol. The zero-order valence-electron chi connectivity index (χ0n) is 18.4. The van der Waals surface area contributed by atoms with Crippen molar-refractivity contribution in [2.75, 3.05) is 42.9 Å². The average molecular weight is 420 g/mol. The first-order chi connectivity index (χ1) is 15.0. The van der Waals surface area contributed by atoms with Gasteiger partial charge in [-0.25, -0.2) is 9.67 Å². The molecule has 3 aromatic rings. The van der Waals surface area contributed by atoms with Crippen LogP contribution in [-0.4, -0.2) is 63.3 Å². The Labute approximate surface area is 182 Å². The molecule has 1 aliphatic heterocycles. The zero-order chi connectivity index (χ0) is 21.8. The van der Waals surface area contributed by atoms with Crippen LogP contribution in [-0.2, 0) is 11.2 Å². The average Bonchev–Trinajstić information content (AvgIpc) is 3.12. The zero-order valence-corrected chi connectivity index (χ0v) is 18.4. The van der Waals surface area contributed by atoms with E-state index in [1.807, 2.05) is 42.8 Å². The highest BCUT2D eigenvalue weighted by atomic mass is 16.2. The minimum absolute atomic E-state index is 0.0284. The summed E-state index contributed by atoms with van der Waals surface area (Å²) in [6.45, 7) is 9.67. The van der Waals surface area contributed by atoms with Gasteiger partial charge in [-0.2, -0.15) is 5.10 Å². The van der Waals surface area contributed by atoms with Crippen LogP contribution in [0.3, 0.4) is 0 Å². The van der Waals surface area contributed by atoms with Crippen LogP contribution in [0, 0.1) is 13.8 Å². The van der Waals surface area contributed by atoms with Crippen molar-refractivity contribution in [3.8, 4) is 5.82 Å². The fourth-order valence-electron chi connectivity index (χ4n) is 3.94. The molecule has 162 valence electrons. The van der Waals surface area contributed by atoms with Crippen LogP contribution in [0.4, 0.5) is 11.5 Å². The molecule has 1 N–H and O–H groups in total. The molecular weight excluding hydrogens is 390 g/mol. The molecule has 1 fully saturated rings. The van der Waals surface area contributed by atoms with Crippen molar-refractivity contribution in [2.24, 2.45) is 0 Å². The first-order valence-corrected chi connectivity index (χ1v) is 10.7. The van der Waals surface area contributed by atoms with E-state index in [0.717, 1.165) is 66.9 Å². The van der Waals surface area contributed by atoms with E-state index in [4.69, 9.17) is 4.98 Å². The number of amides is 1. The lowest BCUT2D eigenvalue weighted by Gasteiger charge is -2.34. The molecule has 8 heteroatoms. The number of carbonyl (C=O) groups is 1. The second-order valence-electron chi connectivity index (χ2n) is 7.90. The second-order valence-corrected chi connectivity index (χ2v) is 7.90. The Balaban J connectivity index is 1.34. The van der Waals surface area contributed by atoms with Crippen molar-refractivity contribution < 1.29 is 4.79 Å². The van der Waals surface area contributed by atoms with Crippen molar-refractivity contribution in [3.05, 3.63) is 59.7 Å². The van der Waals surface area contributed by atoms with E-state index in [0.29, 0.717) is 6.54 Å². The Kier molecular flexibility index (Phi) is 6.27. The van der Waals surface area contributed by atoms with Crippen LogP contribution in [0.2, 0.25) is 0 Å². The Morgan fingerprint density at radius 3 is 2.52 bits per heavy atom. The number of anilines is 2. The van der Waals surface area contributed by atoms with Gasteiger partial charge in [-0.1, -0.05) is 25.1 Å². The van der Waals surface area contributed by atoms with Gasteiger partial charge in [-0.05, 0) is 38.0 Å². The van der Waals surface area contributed by atoms with Crippen molar-refractivity contribution >= 4 is 17.4 Å². The third-order valence-electron chi connectivity index (χ3n) is 5.57. The van der Waals surface area contributed by atoms with E-state index in [9.17, 15) is 4.79 Å². The number of hydrogen-bond acceptors (Lipinski definition) is 6. The second kappa shape index (κ2) is 9.26.